The highest BCUT2D eigenvalue weighted by atomic mass is 79.9. The Morgan fingerprint density at radius 1 is 1.44 bits per heavy atom. The molecule has 1 aromatic carbocycles. The lowest BCUT2D eigenvalue weighted by Crippen LogP contribution is -2.19. The van der Waals surface area contributed by atoms with Crippen molar-refractivity contribution in [1.29, 1.82) is 0 Å². The fourth-order valence-electron chi connectivity index (χ4n) is 1.65. The Hall–Kier alpha value is -0.910. The summed E-state index contributed by atoms with van der Waals surface area (Å²) in [4.78, 5) is 0. The Labute approximate surface area is 101 Å². The molecule has 2 atom stereocenters. The number of aryl methyl sites for hydroxylation is 1. The third kappa shape index (κ3) is 1.98. The number of aliphatic hydroxyl groups excluding tert-OH is 2. The van der Waals surface area contributed by atoms with Crippen molar-refractivity contribution in [1.82, 2.24) is 10.2 Å². The summed E-state index contributed by atoms with van der Waals surface area (Å²) in [5.74, 6) is 0. The Morgan fingerprint density at radius 2 is 2.19 bits per heavy atom. The molecule has 2 unspecified atom stereocenters. The van der Waals surface area contributed by atoms with Gasteiger partial charge in [0.15, 0.2) is 0 Å². The van der Waals surface area contributed by atoms with Crippen LogP contribution in [0, 0.1) is 6.92 Å². The van der Waals surface area contributed by atoms with Gasteiger partial charge in [-0.3, -0.25) is 5.10 Å². The van der Waals surface area contributed by atoms with E-state index in [0.29, 0.717) is 10.9 Å². The number of alkyl halides is 1. The van der Waals surface area contributed by atoms with E-state index in [4.69, 9.17) is 0 Å². The molecule has 0 aliphatic carbocycles. The first kappa shape index (κ1) is 11.6. The molecular weight excluding hydrogens is 272 g/mol. The summed E-state index contributed by atoms with van der Waals surface area (Å²) in [6.45, 7) is 1.94. The van der Waals surface area contributed by atoms with E-state index in [1.54, 1.807) is 12.1 Å². The largest absolute Gasteiger partial charge is 0.389 e. The number of aliphatic hydroxyl groups is 2. The fourth-order valence-corrected chi connectivity index (χ4v) is 2.01. The summed E-state index contributed by atoms with van der Waals surface area (Å²) >= 11 is 3.13. The standard InChI is InChI=1S/C11H13BrN2O2/c1-6-8-3-2-7(4-9(8)14-13-6)11(16)10(15)5-12/h2-4,10-11,15-16H,5H2,1H3,(H,13,14). The molecule has 2 aromatic rings. The molecule has 0 amide bonds. The van der Waals surface area contributed by atoms with Gasteiger partial charge in [0.25, 0.3) is 0 Å². The lowest BCUT2D eigenvalue weighted by molar-refractivity contribution is 0.0343. The molecule has 0 bridgehead atoms. The Morgan fingerprint density at radius 3 is 2.88 bits per heavy atom. The van der Waals surface area contributed by atoms with Crippen molar-refractivity contribution in [3.8, 4) is 0 Å². The molecule has 4 nitrogen and oxygen atoms in total. The number of nitrogens with zero attached hydrogens (tertiary/aromatic N) is 1. The molecule has 1 aromatic heterocycles. The van der Waals surface area contributed by atoms with Gasteiger partial charge in [0.05, 0.1) is 11.6 Å². The quantitative estimate of drug-likeness (QED) is 0.751. The predicted molar refractivity (Wildman–Crippen MR) is 65.6 cm³/mol. The molecule has 0 saturated heterocycles. The highest BCUT2D eigenvalue weighted by molar-refractivity contribution is 9.09. The van der Waals surface area contributed by atoms with E-state index in [9.17, 15) is 10.2 Å². The molecule has 1 heterocycles. The van der Waals surface area contributed by atoms with Crippen LogP contribution >= 0.6 is 15.9 Å². The maximum absolute atomic E-state index is 9.84. The molecule has 0 aliphatic heterocycles. The summed E-state index contributed by atoms with van der Waals surface area (Å²) in [6, 6.07) is 5.49. The van der Waals surface area contributed by atoms with Gasteiger partial charge in [-0.25, -0.2) is 0 Å². The van der Waals surface area contributed by atoms with Crippen LogP contribution in [-0.4, -0.2) is 31.8 Å². The highest BCUT2D eigenvalue weighted by Crippen LogP contribution is 2.23. The van der Waals surface area contributed by atoms with E-state index in [2.05, 4.69) is 26.1 Å². The van der Waals surface area contributed by atoms with Gasteiger partial charge in [-0.1, -0.05) is 28.1 Å². The van der Waals surface area contributed by atoms with Crippen LogP contribution in [0.15, 0.2) is 18.2 Å². The highest BCUT2D eigenvalue weighted by Gasteiger charge is 2.17. The monoisotopic (exact) mass is 284 g/mol. The first-order valence-electron chi connectivity index (χ1n) is 5.00. The van der Waals surface area contributed by atoms with Crippen LogP contribution in [0.4, 0.5) is 0 Å². The number of benzene rings is 1. The zero-order chi connectivity index (χ0) is 11.7. The molecule has 0 fully saturated rings. The number of rotatable bonds is 3. The van der Waals surface area contributed by atoms with Crippen LogP contribution in [0.3, 0.4) is 0 Å². The number of aromatic amines is 1. The summed E-state index contributed by atoms with van der Waals surface area (Å²) in [6.07, 6.45) is -1.70. The van der Waals surface area contributed by atoms with Crippen molar-refractivity contribution in [2.45, 2.75) is 19.1 Å². The van der Waals surface area contributed by atoms with E-state index in [-0.39, 0.29) is 0 Å². The zero-order valence-corrected chi connectivity index (χ0v) is 10.4. The molecule has 0 saturated carbocycles. The van der Waals surface area contributed by atoms with Crippen molar-refractivity contribution >= 4 is 26.8 Å². The third-order valence-corrected chi connectivity index (χ3v) is 3.30. The van der Waals surface area contributed by atoms with Gasteiger partial charge in [0.2, 0.25) is 0 Å². The van der Waals surface area contributed by atoms with E-state index in [1.165, 1.54) is 0 Å². The molecule has 2 rings (SSSR count). The van der Waals surface area contributed by atoms with Gasteiger partial charge in [-0.2, -0.15) is 5.10 Å². The van der Waals surface area contributed by atoms with Gasteiger partial charge in [-0.05, 0) is 18.6 Å². The summed E-state index contributed by atoms with van der Waals surface area (Å²) in [5, 5.41) is 27.7. The number of hydrogen-bond donors (Lipinski definition) is 3. The summed E-state index contributed by atoms with van der Waals surface area (Å²) in [7, 11) is 0. The second kappa shape index (κ2) is 4.53. The zero-order valence-electron chi connectivity index (χ0n) is 8.81. The predicted octanol–water partition coefficient (Wildman–Crippen LogP) is 1.66. The van der Waals surface area contributed by atoms with Crippen molar-refractivity contribution < 1.29 is 10.2 Å². The SMILES string of the molecule is Cc1[nH]nc2cc(C(O)C(O)CBr)ccc12. The molecule has 0 aliphatic rings. The number of hydrogen-bond acceptors (Lipinski definition) is 3. The van der Waals surface area contributed by atoms with Crippen LogP contribution in [0.2, 0.25) is 0 Å². The smallest absolute Gasteiger partial charge is 0.106 e. The molecule has 0 radical (unpaired) electrons. The fraction of sp³-hybridized carbons (Fsp3) is 0.364. The normalized spacial score (nSPS) is 15.2. The van der Waals surface area contributed by atoms with Crippen LogP contribution in [0.1, 0.15) is 17.4 Å². The van der Waals surface area contributed by atoms with Gasteiger partial charge in [0.1, 0.15) is 6.10 Å². The first-order chi connectivity index (χ1) is 7.63. The van der Waals surface area contributed by atoms with Gasteiger partial charge in [-0.15, -0.1) is 0 Å². The molecule has 0 spiro atoms. The number of H-pyrrole nitrogens is 1. The van der Waals surface area contributed by atoms with E-state index >= 15 is 0 Å². The van der Waals surface area contributed by atoms with Crippen LogP contribution in [0.25, 0.3) is 10.9 Å². The van der Waals surface area contributed by atoms with Gasteiger partial charge < -0.3 is 10.2 Å². The molecular formula is C11H13BrN2O2. The van der Waals surface area contributed by atoms with Crippen LogP contribution < -0.4 is 0 Å². The van der Waals surface area contributed by atoms with Gasteiger partial charge in [0, 0.05) is 16.4 Å². The lowest BCUT2D eigenvalue weighted by Gasteiger charge is -2.15. The van der Waals surface area contributed by atoms with Crippen LogP contribution in [0.5, 0.6) is 0 Å². The number of halogens is 1. The van der Waals surface area contributed by atoms with Gasteiger partial charge >= 0.3 is 0 Å². The van der Waals surface area contributed by atoms with E-state index in [1.807, 2.05) is 13.0 Å². The average molecular weight is 285 g/mol. The second-order valence-corrected chi connectivity index (χ2v) is 4.44. The maximum atomic E-state index is 9.84. The molecule has 86 valence electrons. The van der Waals surface area contributed by atoms with Crippen molar-refractivity contribution in [2.24, 2.45) is 0 Å². The molecule has 16 heavy (non-hydrogen) atoms. The Balaban J connectivity index is 2.39. The number of fused-ring (bicyclic) bond motifs is 1. The topological polar surface area (TPSA) is 69.1 Å². The van der Waals surface area contributed by atoms with E-state index < -0.39 is 12.2 Å². The van der Waals surface area contributed by atoms with Crippen molar-refractivity contribution in [2.75, 3.05) is 5.33 Å². The van der Waals surface area contributed by atoms with Crippen LogP contribution in [-0.2, 0) is 0 Å². The van der Waals surface area contributed by atoms with E-state index in [0.717, 1.165) is 16.6 Å². The van der Waals surface area contributed by atoms with Crippen molar-refractivity contribution in [3.63, 3.8) is 0 Å². The molecule has 3 N–H and O–H groups in total. The minimum Gasteiger partial charge on any atom is -0.389 e. The second-order valence-electron chi connectivity index (χ2n) is 3.79. The average Bonchev–Trinajstić information content (AvgIpc) is 2.68. The number of aromatic nitrogens is 2. The maximum Gasteiger partial charge on any atom is 0.106 e. The Bertz CT molecular complexity index is 498. The third-order valence-electron chi connectivity index (χ3n) is 2.63. The minimum absolute atomic E-state index is 0.339. The summed E-state index contributed by atoms with van der Waals surface area (Å²) < 4.78 is 0. The molecule has 5 heteroatoms. The first-order valence-corrected chi connectivity index (χ1v) is 6.12. The summed E-state index contributed by atoms with van der Waals surface area (Å²) in [5.41, 5.74) is 2.47. The lowest BCUT2D eigenvalue weighted by atomic mass is 10.0. The minimum atomic E-state index is -0.888. The van der Waals surface area contributed by atoms with Crippen molar-refractivity contribution in [3.05, 3.63) is 29.5 Å². The number of nitrogens with one attached hydrogen (secondary N) is 1. The Kier molecular flexibility index (Phi) is 3.28.